The summed E-state index contributed by atoms with van der Waals surface area (Å²) in [5.74, 6) is 1.07. The molecule has 2 aromatic rings. The van der Waals surface area contributed by atoms with E-state index in [0.29, 0.717) is 24.7 Å². The first-order valence-electron chi connectivity index (χ1n) is 8.39. The van der Waals surface area contributed by atoms with Crippen molar-refractivity contribution >= 4 is 5.91 Å². The van der Waals surface area contributed by atoms with Crippen LogP contribution in [0.1, 0.15) is 11.6 Å². The van der Waals surface area contributed by atoms with Crippen LogP contribution in [0.5, 0.6) is 11.5 Å². The van der Waals surface area contributed by atoms with Crippen LogP contribution in [0.3, 0.4) is 0 Å². The molecule has 1 saturated heterocycles. The first-order chi connectivity index (χ1) is 12.7. The highest BCUT2D eigenvalue weighted by Gasteiger charge is 2.36. The molecular formula is C18H23N3O5. The number of carbonyl (C=O) groups is 1. The van der Waals surface area contributed by atoms with Gasteiger partial charge in [-0.15, -0.1) is 0 Å². The van der Waals surface area contributed by atoms with Gasteiger partial charge in [-0.1, -0.05) is 6.07 Å². The number of methoxy groups -OCH3 is 2. The second-order valence-electron chi connectivity index (χ2n) is 5.94. The molecule has 0 bridgehead atoms. The van der Waals surface area contributed by atoms with Gasteiger partial charge in [0.2, 0.25) is 5.91 Å². The van der Waals surface area contributed by atoms with Gasteiger partial charge in [0.15, 0.2) is 11.5 Å². The number of ether oxygens (including phenoxy) is 3. The Morgan fingerprint density at radius 2 is 2.15 bits per heavy atom. The summed E-state index contributed by atoms with van der Waals surface area (Å²) in [7, 11) is 3.13. The van der Waals surface area contributed by atoms with Crippen LogP contribution in [0.25, 0.3) is 0 Å². The van der Waals surface area contributed by atoms with E-state index in [9.17, 15) is 9.90 Å². The quantitative estimate of drug-likeness (QED) is 0.821. The summed E-state index contributed by atoms with van der Waals surface area (Å²) in [4.78, 5) is 14.6. The van der Waals surface area contributed by atoms with Gasteiger partial charge < -0.3 is 24.2 Å². The van der Waals surface area contributed by atoms with Gasteiger partial charge in [-0.05, 0) is 23.8 Å². The second kappa shape index (κ2) is 8.20. The number of rotatable bonds is 6. The third-order valence-electron chi connectivity index (χ3n) is 4.46. The SMILES string of the molecule is COc1ccc([C@@H]2[C@@H](CO)OCCN2C(=O)Cn2cccn2)cc1OC. The van der Waals surface area contributed by atoms with E-state index in [1.165, 1.54) is 0 Å². The fourth-order valence-corrected chi connectivity index (χ4v) is 3.22. The molecule has 8 nitrogen and oxygen atoms in total. The first-order valence-corrected chi connectivity index (χ1v) is 8.39. The van der Waals surface area contributed by atoms with Crippen molar-refractivity contribution in [3.8, 4) is 11.5 Å². The molecule has 140 valence electrons. The maximum absolute atomic E-state index is 12.9. The molecule has 0 saturated carbocycles. The maximum atomic E-state index is 12.9. The molecule has 1 aromatic carbocycles. The fourth-order valence-electron chi connectivity index (χ4n) is 3.22. The van der Waals surface area contributed by atoms with Gasteiger partial charge in [-0.3, -0.25) is 9.48 Å². The van der Waals surface area contributed by atoms with Gasteiger partial charge in [0.1, 0.15) is 12.6 Å². The van der Waals surface area contributed by atoms with Crippen molar-refractivity contribution < 1.29 is 24.1 Å². The van der Waals surface area contributed by atoms with Gasteiger partial charge in [0.05, 0.1) is 33.5 Å². The Hall–Kier alpha value is -2.58. The van der Waals surface area contributed by atoms with E-state index in [1.54, 1.807) is 48.3 Å². The number of morpholine rings is 1. The molecule has 1 aliphatic rings. The summed E-state index contributed by atoms with van der Waals surface area (Å²) < 4.78 is 17.9. The molecule has 26 heavy (non-hydrogen) atoms. The summed E-state index contributed by atoms with van der Waals surface area (Å²) in [6.45, 7) is 0.759. The molecule has 1 aliphatic heterocycles. The lowest BCUT2D eigenvalue weighted by molar-refractivity contribution is -0.150. The molecule has 1 amide bonds. The van der Waals surface area contributed by atoms with Gasteiger partial charge in [0, 0.05) is 18.9 Å². The Balaban J connectivity index is 1.91. The highest BCUT2D eigenvalue weighted by Crippen LogP contribution is 2.35. The Kier molecular flexibility index (Phi) is 5.75. The van der Waals surface area contributed by atoms with Crippen molar-refractivity contribution in [2.75, 3.05) is 34.0 Å². The molecule has 0 unspecified atom stereocenters. The van der Waals surface area contributed by atoms with Crippen molar-refractivity contribution in [2.45, 2.75) is 18.7 Å². The Labute approximate surface area is 151 Å². The van der Waals surface area contributed by atoms with Gasteiger partial charge >= 0.3 is 0 Å². The summed E-state index contributed by atoms with van der Waals surface area (Å²) in [6, 6.07) is 6.81. The predicted octanol–water partition coefficient (Wildman–Crippen LogP) is 0.861. The summed E-state index contributed by atoms with van der Waals surface area (Å²) >= 11 is 0. The van der Waals surface area contributed by atoms with Crippen molar-refractivity contribution in [1.82, 2.24) is 14.7 Å². The van der Waals surface area contributed by atoms with Crippen LogP contribution in [-0.2, 0) is 16.1 Å². The van der Waals surface area contributed by atoms with E-state index in [4.69, 9.17) is 14.2 Å². The third kappa shape index (κ3) is 3.66. The van der Waals surface area contributed by atoms with E-state index < -0.39 is 12.1 Å². The van der Waals surface area contributed by atoms with Crippen LogP contribution in [0, 0.1) is 0 Å². The number of aliphatic hydroxyl groups is 1. The van der Waals surface area contributed by atoms with Crippen LogP contribution in [0.4, 0.5) is 0 Å². The van der Waals surface area contributed by atoms with Crippen LogP contribution in [-0.4, -0.2) is 65.8 Å². The van der Waals surface area contributed by atoms with E-state index in [2.05, 4.69) is 5.10 Å². The number of benzene rings is 1. The average molecular weight is 361 g/mol. The zero-order chi connectivity index (χ0) is 18.5. The normalized spacial score (nSPS) is 20.0. The Bertz CT molecular complexity index is 734. The molecule has 0 radical (unpaired) electrons. The van der Waals surface area contributed by atoms with Crippen LogP contribution < -0.4 is 9.47 Å². The number of hydrogen-bond donors (Lipinski definition) is 1. The minimum Gasteiger partial charge on any atom is -0.493 e. The Morgan fingerprint density at radius 3 is 2.81 bits per heavy atom. The highest BCUT2D eigenvalue weighted by molar-refractivity contribution is 5.76. The lowest BCUT2D eigenvalue weighted by atomic mass is 9.97. The first kappa shape index (κ1) is 18.2. The molecule has 0 spiro atoms. The standard InChI is InChI=1S/C18H23N3O5/c1-24-14-5-4-13(10-15(14)25-2)18-16(12-22)26-9-8-21(18)17(23)11-20-7-3-6-19-20/h3-7,10,16,18,22H,8-9,11-12H2,1-2H3/t16-,18-/m1/s1. The van der Waals surface area contributed by atoms with Gasteiger partial charge in [0.25, 0.3) is 0 Å². The number of hydrogen-bond acceptors (Lipinski definition) is 6. The molecule has 8 heteroatoms. The predicted molar refractivity (Wildman–Crippen MR) is 93.1 cm³/mol. The van der Waals surface area contributed by atoms with Crippen LogP contribution in [0.2, 0.25) is 0 Å². The highest BCUT2D eigenvalue weighted by atomic mass is 16.5. The molecular weight excluding hydrogens is 338 g/mol. The lowest BCUT2D eigenvalue weighted by Crippen LogP contribution is -2.50. The van der Waals surface area contributed by atoms with Crippen LogP contribution >= 0.6 is 0 Å². The van der Waals surface area contributed by atoms with Crippen molar-refractivity contribution in [1.29, 1.82) is 0 Å². The monoisotopic (exact) mass is 361 g/mol. The minimum atomic E-state index is -0.511. The smallest absolute Gasteiger partial charge is 0.244 e. The molecule has 1 N–H and O–H groups in total. The number of aromatic nitrogens is 2. The summed E-state index contributed by atoms with van der Waals surface area (Å²) in [5.41, 5.74) is 0.815. The van der Waals surface area contributed by atoms with Crippen molar-refractivity contribution in [3.63, 3.8) is 0 Å². The van der Waals surface area contributed by atoms with Crippen molar-refractivity contribution in [2.24, 2.45) is 0 Å². The Morgan fingerprint density at radius 1 is 1.35 bits per heavy atom. The number of nitrogens with zero attached hydrogens (tertiary/aromatic N) is 3. The van der Waals surface area contributed by atoms with Gasteiger partial charge in [-0.25, -0.2) is 0 Å². The molecule has 1 fully saturated rings. The van der Waals surface area contributed by atoms with Crippen molar-refractivity contribution in [3.05, 3.63) is 42.2 Å². The zero-order valence-electron chi connectivity index (χ0n) is 14.9. The molecule has 0 aliphatic carbocycles. The maximum Gasteiger partial charge on any atom is 0.244 e. The van der Waals surface area contributed by atoms with E-state index in [1.807, 2.05) is 12.1 Å². The topological polar surface area (TPSA) is 86.0 Å². The molecule has 2 heterocycles. The molecule has 2 atom stereocenters. The largest absolute Gasteiger partial charge is 0.493 e. The molecule has 1 aromatic heterocycles. The fraction of sp³-hybridized carbons (Fsp3) is 0.444. The third-order valence-corrected chi connectivity index (χ3v) is 4.46. The summed E-state index contributed by atoms with van der Waals surface area (Å²) in [6.07, 6.45) is 2.87. The zero-order valence-corrected chi connectivity index (χ0v) is 14.9. The number of carbonyl (C=O) groups excluding carboxylic acids is 1. The average Bonchev–Trinajstić information content (AvgIpc) is 3.19. The van der Waals surface area contributed by atoms with E-state index >= 15 is 0 Å². The van der Waals surface area contributed by atoms with E-state index in [0.717, 1.165) is 5.56 Å². The van der Waals surface area contributed by atoms with E-state index in [-0.39, 0.29) is 19.1 Å². The number of aliphatic hydroxyl groups excluding tert-OH is 1. The molecule has 3 rings (SSSR count). The second-order valence-corrected chi connectivity index (χ2v) is 5.94. The number of amides is 1. The van der Waals surface area contributed by atoms with Gasteiger partial charge in [-0.2, -0.15) is 5.10 Å². The summed E-state index contributed by atoms with van der Waals surface area (Å²) in [5, 5.41) is 13.9. The lowest BCUT2D eigenvalue weighted by Gasteiger charge is -2.41. The van der Waals surface area contributed by atoms with Crippen LogP contribution in [0.15, 0.2) is 36.7 Å². The minimum absolute atomic E-state index is 0.0877.